The minimum Gasteiger partial charge on any atom is -0.338 e. The summed E-state index contributed by atoms with van der Waals surface area (Å²) in [5, 5.41) is 3.22. The fraction of sp³-hybridized carbons (Fsp3) is 0.533. The van der Waals surface area contributed by atoms with Crippen LogP contribution in [0.5, 0.6) is 0 Å². The van der Waals surface area contributed by atoms with Gasteiger partial charge in [0.05, 0.1) is 6.42 Å². The van der Waals surface area contributed by atoms with Gasteiger partial charge in [-0.2, -0.15) is 0 Å². The highest BCUT2D eigenvalue weighted by atomic mass is 19.1. The van der Waals surface area contributed by atoms with E-state index in [9.17, 15) is 13.6 Å². The Kier molecular flexibility index (Phi) is 5.06. The summed E-state index contributed by atoms with van der Waals surface area (Å²) in [6.07, 6.45) is 1.69. The summed E-state index contributed by atoms with van der Waals surface area (Å²) in [4.78, 5) is 14.2. The lowest BCUT2D eigenvalue weighted by Crippen LogP contribution is -2.43. The molecule has 0 aliphatic carbocycles. The quantitative estimate of drug-likeness (QED) is 0.897. The van der Waals surface area contributed by atoms with Crippen LogP contribution in [-0.4, -0.2) is 36.5 Å². The Morgan fingerprint density at radius 3 is 2.90 bits per heavy atom. The third-order valence-electron chi connectivity index (χ3n) is 3.61. The van der Waals surface area contributed by atoms with E-state index in [1.54, 1.807) is 4.90 Å². The minimum atomic E-state index is -0.527. The number of carbonyl (C=O) groups is 1. The van der Waals surface area contributed by atoms with Crippen LogP contribution in [-0.2, 0) is 11.2 Å². The van der Waals surface area contributed by atoms with Crippen molar-refractivity contribution in [3.63, 3.8) is 0 Å². The molecule has 5 heteroatoms. The van der Waals surface area contributed by atoms with Crippen molar-refractivity contribution >= 4 is 5.91 Å². The van der Waals surface area contributed by atoms with Crippen molar-refractivity contribution in [2.75, 3.05) is 19.6 Å². The third kappa shape index (κ3) is 3.54. The van der Waals surface area contributed by atoms with E-state index in [-0.39, 0.29) is 23.9 Å². The lowest BCUT2D eigenvalue weighted by molar-refractivity contribution is -0.132. The maximum atomic E-state index is 13.6. The molecule has 2 rings (SSSR count). The summed E-state index contributed by atoms with van der Waals surface area (Å²) in [5.41, 5.74) is 0.127. The van der Waals surface area contributed by atoms with Gasteiger partial charge in [-0.25, -0.2) is 8.78 Å². The van der Waals surface area contributed by atoms with Crippen LogP contribution in [0.2, 0.25) is 0 Å². The van der Waals surface area contributed by atoms with Crippen molar-refractivity contribution in [2.45, 2.75) is 32.2 Å². The molecule has 1 N–H and O–H groups in total. The van der Waals surface area contributed by atoms with Gasteiger partial charge >= 0.3 is 0 Å². The number of rotatable bonds is 5. The van der Waals surface area contributed by atoms with Crippen LogP contribution in [0.3, 0.4) is 0 Å². The van der Waals surface area contributed by atoms with Gasteiger partial charge in [-0.1, -0.05) is 6.92 Å². The molecule has 0 aromatic heterocycles. The molecule has 110 valence electrons. The number of hydrogen-bond donors (Lipinski definition) is 1. The Bertz CT molecular complexity index is 473. The Hall–Kier alpha value is -1.49. The van der Waals surface area contributed by atoms with E-state index in [1.807, 2.05) is 6.92 Å². The highest BCUT2D eigenvalue weighted by Gasteiger charge is 2.26. The van der Waals surface area contributed by atoms with E-state index >= 15 is 0 Å². The van der Waals surface area contributed by atoms with Gasteiger partial charge in [0.2, 0.25) is 5.91 Å². The molecule has 20 heavy (non-hydrogen) atoms. The Balaban J connectivity index is 2.09. The largest absolute Gasteiger partial charge is 0.338 e. The molecule has 1 heterocycles. The molecule has 1 aromatic rings. The van der Waals surface area contributed by atoms with Crippen LogP contribution in [0.15, 0.2) is 18.2 Å². The minimum absolute atomic E-state index is 0.0832. The Morgan fingerprint density at radius 2 is 2.25 bits per heavy atom. The van der Waals surface area contributed by atoms with Crippen molar-refractivity contribution < 1.29 is 13.6 Å². The Labute approximate surface area is 118 Å². The summed E-state index contributed by atoms with van der Waals surface area (Å²) in [7, 11) is 0. The zero-order valence-electron chi connectivity index (χ0n) is 11.7. The van der Waals surface area contributed by atoms with E-state index < -0.39 is 11.6 Å². The van der Waals surface area contributed by atoms with Crippen molar-refractivity contribution in [3.05, 3.63) is 35.4 Å². The van der Waals surface area contributed by atoms with Gasteiger partial charge in [0.25, 0.3) is 0 Å². The van der Waals surface area contributed by atoms with Gasteiger partial charge in [-0.3, -0.25) is 4.79 Å². The highest BCUT2D eigenvalue weighted by molar-refractivity contribution is 5.79. The number of hydrogen-bond acceptors (Lipinski definition) is 2. The van der Waals surface area contributed by atoms with E-state index in [0.717, 1.165) is 44.1 Å². The molecule has 0 spiro atoms. The van der Waals surface area contributed by atoms with Crippen LogP contribution in [0.25, 0.3) is 0 Å². The molecule has 0 bridgehead atoms. The molecule has 1 amide bonds. The predicted molar refractivity (Wildman–Crippen MR) is 73.3 cm³/mol. The summed E-state index contributed by atoms with van der Waals surface area (Å²) in [5.74, 6) is -1.18. The highest BCUT2D eigenvalue weighted by Crippen LogP contribution is 2.15. The summed E-state index contributed by atoms with van der Waals surface area (Å²) < 4.78 is 26.8. The molecule has 0 saturated carbocycles. The second kappa shape index (κ2) is 6.79. The number of benzene rings is 1. The van der Waals surface area contributed by atoms with E-state index in [1.165, 1.54) is 0 Å². The topological polar surface area (TPSA) is 32.3 Å². The van der Waals surface area contributed by atoms with Crippen molar-refractivity contribution in [1.82, 2.24) is 10.2 Å². The van der Waals surface area contributed by atoms with Gasteiger partial charge in [0, 0.05) is 24.7 Å². The van der Waals surface area contributed by atoms with E-state index in [4.69, 9.17) is 0 Å². The average molecular weight is 282 g/mol. The molecule has 1 aliphatic heterocycles. The van der Waals surface area contributed by atoms with Gasteiger partial charge in [0.15, 0.2) is 0 Å². The average Bonchev–Trinajstić information content (AvgIpc) is 2.93. The lowest BCUT2D eigenvalue weighted by Gasteiger charge is -2.28. The summed E-state index contributed by atoms with van der Waals surface area (Å²) >= 11 is 0. The first-order valence-electron chi connectivity index (χ1n) is 7.06. The van der Waals surface area contributed by atoms with E-state index in [2.05, 4.69) is 5.32 Å². The zero-order chi connectivity index (χ0) is 14.5. The zero-order valence-corrected chi connectivity index (χ0v) is 11.7. The monoisotopic (exact) mass is 282 g/mol. The van der Waals surface area contributed by atoms with Crippen LogP contribution in [0.1, 0.15) is 25.3 Å². The van der Waals surface area contributed by atoms with Crippen molar-refractivity contribution in [1.29, 1.82) is 0 Å². The first-order valence-corrected chi connectivity index (χ1v) is 7.06. The molecular weight excluding hydrogens is 262 g/mol. The number of amides is 1. The molecule has 1 unspecified atom stereocenters. The van der Waals surface area contributed by atoms with Gasteiger partial charge in [-0.15, -0.1) is 0 Å². The standard InChI is InChI=1S/C15H20F2N2O/c1-2-7-19(13-5-6-18-10-13)15(20)9-11-8-12(16)3-4-14(11)17/h3-4,8,13,18H,2,5-7,9-10H2,1H3. The second-order valence-electron chi connectivity index (χ2n) is 5.15. The fourth-order valence-electron chi connectivity index (χ4n) is 2.60. The predicted octanol–water partition coefficient (Wildman–Crippen LogP) is 2.11. The SMILES string of the molecule is CCCN(C(=O)Cc1cc(F)ccc1F)C1CCNC1. The number of halogens is 2. The van der Waals surface area contributed by atoms with Crippen LogP contribution >= 0.6 is 0 Å². The smallest absolute Gasteiger partial charge is 0.227 e. The summed E-state index contributed by atoms with van der Waals surface area (Å²) in [6.45, 7) is 4.33. The van der Waals surface area contributed by atoms with Crippen LogP contribution in [0.4, 0.5) is 8.78 Å². The molecular formula is C15H20F2N2O. The molecule has 1 aliphatic rings. The van der Waals surface area contributed by atoms with Crippen molar-refractivity contribution in [2.24, 2.45) is 0 Å². The second-order valence-corrected chi connectivity index (χ2v) is 5.15. The van der Waals surface area contributed by atoms with Gasteiger partial charge in [-0.05, 0) is 37.6 Å². The van der Waals surface area contributed by atoms with Crippen molar-refractivity contribution in [3.8, 4) is 0 Å². The number of nitrogens with one attached hydrogen (secondary N) is 1. The number of nitrogens with zero attached hydrogens (tertiary/aromatic N) is 1. The fourth-order valence-corrected chi connectivity index (χ4v) is 2.60. The summed E-state index contributed by atoms with van der Waals surface area (Å²) in [6, 6.07) is 3.40. The molecule has 0 radical (unpaired) electrons. The first kappa shape index (κ1) is 14.9. The molecule has 1 saturated heterocycles. The van der Waals surface area contributed by atoms with E-state index in [0.29, 0.717) is 6.54 Å². The first-order chi connectivity index (χ1) is 9.61. The maximum absolute atomic E-state index is 13.6. The third-order valence-corrected chi connectivity index (χ3v) is 3.61. The normalized spacial score (nSPS) is 18.2. The molecule has 3 nitrogen and oxygen atoms in total. The number of carbonyl (C=O) groups excluding carboxylic acids is 1. The molecule has 1 atom stereocenters. The maximum Gasteiger partial charge on any atom is 0.227 e. The van der Waals surface area contributed by atoms with Gasteiger partial charge in [0.1, 0.15) is 11.6 Å². The lowest BCUT2D eigenvalue weighted by atomic mass is 10.1. The van der Waals surface area contributed by atoms with Crippen LogP contribution < -0.4 is 5.32 Å². The molecule has 1 fully saturated rings. The van der Waals surface area contributed by atoms with Gasteiger partial charge < -0.3 is 10.2 Å². The Morgan fingerprint density at radius 1 is 1.45 bits per heavy atom. The van der Waals surface area contributed by atoms with Crippen LogP contribution in [0, 0.1) is 11.6 Å². The molecule has 1 aromatic carbocycles.